The maximum atomic E-state index is 12.3. The van der Waals surface area contributed by atoms with E-state index in [1.807, 2.05) is 31.2 Å². The molecule has 0 bridgehead atoms. The highest BCUT2D eigenvalue weighted by Gasteiger charge is 2.15. The Balaban J connectivity index is 1.98. The van der Waals surface area contributed by atoms with Gasteiger partial charge in [0.15, 0.2) is 0 Å². The summed E-state index contributed by atoms with van der Waals surface area (Å²) in [5.74, 6) is -0.107. The molecule has 8 heteroatoms. The van der Waals surface area contributed by atoms with E-state index in [-0.39, 0.29) is 11.7 Å². The normalized spacial score (nSPS) is 12.2. The summed E-state index contributed by atoms with van der Waals surface area (Å²) in [4.78, 5) is 12.3. The Morgan fingerprint density at radius 1 is 1.20 bits per heavy atom. The minimum Gasteiger partial charge on any atom is -0.506 e. The Morgan fingerprint density at radius 2 is 1.80 bits per heavy atom. The summed E-state index contributed by atoms with van der Waals surface area (Å²) in [7, 11) is 0. The Kier molecular flexibility index (Phi) is 7.46. The summed E-state index contributed by atoms with van der Waals surface area (Å²) >= 11 is 9.88. The van der Waals surface area contributed by atoms with Gasteiger partial charge in [-0.1, -0.05) is 22.9 Å². The number of phenols is 1. The molecular formula is C17H16Br3N3O2. The van der Waals surface area contributed by atoms with Crippen LogP contribution in [0.1, 0.15) is 18.9 Å². The van der Waals surface area contributed by atoms with E-state index in [1.54, 1.807) is 12.1 Å². The minimum atomic E-state index is -0.392. The zero-order valence-corrected chi connectivity index (χ0v) is 18.0. The summed E-state index contributed by atoms with van der Waals surface area (Å²) in [5.41, 5.74) is 4.12. The number of halogens is 3. The number of nitrogens with zero attached hydrogens (tertiary/aromatic N) is 1. The van der Waals surface area contributed by atoms with Crippen molar-refractivity contribution in [3.05, 3.63) is 55.4 Å². The molecule has 25 heavy (non-hydrogen) atoms. The third kappa shape index (κ3) is 5.83. The number of anilines is 1. The third-order valence-corrected chi connectivity index (χ3v) is 5.08. The van der Waals surface area contributed by atoms with Crippen LogP contribution in [0.5, 0.6) is 5.75 Å². The number of benzene rings is 2. The number of amides is 1. The lowest BCUT2D eigenvalue weighted by molar-refractivity contribution is -0.121. The van der Waals surface area contributed by atoms with Gasteiger partial charge in [0.05, 0.1) is 15.2 Å². The largest absolute Gasteiger partial charge is 0.506 e. The Morgan fingerprint density at radius 3 is 2.36 bits per heavy atom. The van der Waals surface area contributed by atoms with E-state index >= 15 is 0 Å². The predicted octanol–water partition coefficient (Wildman–Crippen LogP) is 5.02. The number of hydrogen-bond donors (Lipinski definition) is 3. The smallest absolute Gasteiger partial charge is 0.262 e. The molecule has 0 fully saturated rings. The van der Waals surface area contributed by atoms with Crippen molar-refractivity contribution in [3.63, 3.8) is 0 Å². The van der Waals surface area contributed by atoms with Crippen molar-refractivity contribution in [3.8, 4) is 5.75 Å². The fourth-order valence-corrected chi connectivity index (χ4v) is 3.49. The highest BCUT2D eigenvalue weighted by atomic mass is 79.9. The Hall–Kier alpha value is -1.38. The first-order chi connectivity index (χ1) is 11.9. The van der Waals surface area contributed by atoms with E-state index in [1.165, 1.54) is 6.21 Å². The Bertz CT molecular complexity index is 756. The predicted molar refractivity (Wildman–Crippen MR) is 111 cm³/mol. The van der Waals surface area contributed by atoms with E-state index in [2.05, 4.69) is 63.6 Å². The van der Waals surface area contributed by atoms with Crippen molar-refractivity contribution in [2.24, 2.45) is 5.10 Å². The van der Waals surface area contributed by atoms with Crippen LogP contribution in [0.4, 0.5) is 5.69 Å². The standard InChI is InChI=1S/C17H16Br3N3O2/c1-2-15(22-12-5-3-11(18)4-6-12)17(25)23-21-9-10-7-13(19)16(24)14(20)8-10/h3-9,15,22,24H,2H2,1H3,(H,23,25)/b21-9-/t15-/m0/s1. The van der Waals surface area contributed by atoms with Crippen molar-refractivity contribution < 1.29 is 9.90 Å². The number of hydrazone groups is 1. The fourth-order valence-electron chi connectivity index (χ4n) is 2.01. The summed E-state index contributed by atoms with van der Waals surface area (Å²) in [6, 6.07) is 10.6. The molecule has 0 radical (unpaired) electrons. The van der Waals surface area contributed by atoms with Gasteiger partial charge in [-0.25, -0.2) is 5.43 Å². The molecule has 132 valence electrons. The first kappa shape index (κ1) is 19.9. The molecule has 2 aromatic carbocycles. The molecule has 0 aliphatic rings. The van der Waals surface area contributed by atoms with Crippen molar-refractivity contribution in [1.82, 2.24) is 5.43 Å². The van der Waals surface area contributed by atoms with Crippen LogP contribution >= 0.6 is 47.8 Å². The van der Waals surface area contributed by atoms with Crippen molar-refractivity contribution in [1.29, 1.82) is 0 Å². The fraction of sp³-hybridized carbons (Fsp3) is 0.176. The van der Waals surface area contributed by atoms with E-state index in [9.17, 15) is 9.90 Å². The van der Waals surface area contributed by atoms with Crippen molar-refractivity contribution in [2.75, 3.05) is 5.32 Å². The number of carbonyl (C=O) groups is 1. The average Bonchev–Trinajstić information content (AvgIpc) is 2.59. The maximum Gasteiger partial charge on any atom is 0.262 e. The molecule has 3 N–H and O–H groups in total. The van der Waals surface area contributed by atoms with Crippen LogP contribution in [0, 0.1) is 0 Å². The lowest BCUT2D eigenvalue weighted by Crippen LogP contribution is -2.36. The van der Waals surface area contributed by atoms with Crippen LogP contribution in [0.15, 0.2) is 54.9 Å². The van der Waals surface area contributed by atoms with E-state index in [0.717, 1.165) is 15.7 Å². The summed E-state index contributed by atoms with van der Waals surface area (Å²) in [6.07, 6.45) is 2.13. The van der Waals surface area contributed by atoms with Gasteiger partial charge in [-0.2, -0.15) is 5.10 Å². The van der Waals surface area contributed by atoms with Gasteiger partial charge in [-0.05, 0) is 80.2 Å². The molecule has 0 aliphatic heterocycles. The zero-order chi connectivity index (χ0) is 18.4. The number of hydrogen-bond acceptors (Lipinski definition) is 4. The van der Waals surface area contributed by atoms with E-state index < -0.39 is 6.04 Å². The lowest BCUT2D eigenvalue weighted by Gasteiger charge is -2.16. The molecule has 0 spiro atoms. The Labute approximate surface area is 171 Å². The SMILES string of the molecule is CC[C@H](Nc1ccc(Br)cc1)C(=O)N/N=C\c1cc(Br)c(O)c(Br)c1. The first-order valence-electron chi connectivity index (χ1n) is 7.43. The number of carbonyl (C=O) groups excluding carboxylic acids is 1. The van der Waals surface area contributed by atoms with Crippen molar-refractivity contribution >= 4 is 65.6 Å². The summed E-state index contributed by atoms with van der Waals surface area (Å²) in [5, 5.41) is 16.8. The summed E-state index contributed by atoms with van der Waals surface area (Å²) < 4.78 is 2.06. The average molecular weight is 534 g/mol. The molecule has 0 saturated carbocycles. The number of aromatic hydroxyl groups is 1. The van der Waals surface area contributed by atoms with Gasteiger partial charge >= 0.3 is 0 Å². The molecule has 1 amide bonds. The highest BCUT2D eigenvalue weighted by molar-refractivity contribution is 9.11. The monoisotopic (exact) mass is 531 g/mol. The van der Waals surface area contributed by atoms with Gasteiger partial charge in [0, 0.05) is 10.2 Å². The van der Waals surface area contributed by atoms with Gasteiger partial charge in [0.25, 0.3) is 5.91 Å². The van der Waals surface area contributed by atoms with Gasteiger partial charge in [0.2, 0.25) is 0 Å². The zero-order valence-electron chi connectivity index (χ0n) is 13.3. The van der Waals surface area contributed by atoms with Gasteiger partial charge in [-0.15, -0.1) is 0 Å². The second-order valence-corrected chi connectivity index (χ2v) is 7.80. The second kappa shape index (κ2) is 9.35. The quantitative estimate of drug-likeness (QED) is 0.360. The van der Waals surface area contributed by atoms with Crippen LogP contribution in [-0.4, -0.2) is 23.3 Å². The first-order valence-corrected chi connectivity index (χ1v) is 9.81. The molecule has 0 aliphatic carbocycles. The molecule has 0 unspecified atom stereocenters. The number of nitrogens with one attached hydrogen (secondary N) is 2. The molecule has 0 saturated heterocycles. The van der Waals surface area contributed by atoms with Gasteiger partial charge in [0.1, 0.15) is 11.8 Å². The van der Waals surface area contributed by atoms with E-state index in [0.29, 0.717) is 15.4 Å². The summed E-state index contributed by atoms with van der Waals surface area (Å²) in [6.45, 7) is 1.92. The third-order valence-electron chi connectivity index (χ3n) is 3.34. The highest BCUT2D eigenvalue weighted by Crippen LogP contribution is 2.32. The van der Waals surface area contributed by atoms with Crippen LogP contribution in [-0.2, 0) is 4.79 Å². The molecule has 0 aromatic heterocycles. The molecular weight excluding hydrogens is 518 g/mol. The van der Waals surface area contributed by atoms with Crippen LogP contribution in [0.3, 0.4) is 0 Å². The molecule has 1 atom stereocenters. The van der Waals surface area contributed by atoms with Crippen molar-refractivity contribution in [2.45, 2.75) is 19.4 Å². The molecule has 2 rings (SSSR count). The minimum absolute atomic E-state index is 0.117. The number of rotatable bonds is 6. The molecule has 2 aromatic rings. The number of phenolic OH excluding ortho intramolecular Hbond substituents is 1. The van der Waals surface area contributed by atoms with Gasteiger partial charge in [-0.3, -0.25) is 4.79 Å². The second-order valence-electron chi connectivity index (χ2n) is 5.18. The van der Waals surface area contributed by atoms with E-state index in [4.69, 9.17) is 0 Å². The van der Waals surface area contributed by atoms with Crippen LogP contribution in [0.25, 0.3) is 0 Å². The topological polar surface area (TPSA) is 73.7 Å². The van der Waals surface area contributed by atoms with Crippen LogP contribution < -0.4 is 10.7 Å². The maximum absolute atomic E-state index is 12.3. The lowest BCUT2D eigenvalue weighted by atomic mass is 10.2. The molecule has 5 nitrogen and oxygen atoms in total. The van der Waals surface area contributed by atoms with Crippen LogP contribution in [0.2, 0.25) is 0 Å². The van der Waals surface area contributed by atoms with Gasteiger partial charge < -0.3 is 10.4 Å². The molecule has 0 heterocycles.